The van der Waals surface area contributed by atoms with Crippen molar-refractivity contribution in [2.75, 3.05) is 23.7 Å². The Morgan fingerprint density at radius 1 is 1.17 bits per heavy atom. The summed E-state index contributed by atoms with van der Waals surface area (Å²) in [6.45, 7) is 6.48. The second-order valence-corrected chi connectivity index (χ2v) is 9.59. The van der Waals surface area contributed by atoms with Gasteiger partial charge in [0.2, 0.25) is 15.9 Å². The normalized spacial score (nSPS) is 12.5. The second kappa shape index (κ2) is 10.7. The maximum atomic E-state index is 12.8. The van der Waals surface area contributed by atoms with Gasteiger partial charge in [0.1, 0.15) is 18.4 Å². The molecule has 6 nitrogen and oxygen atoms in total. The molecule has 1 atom stereocenters. The summed E-state index contributed by atoms with van der Waals surface area (Å²) < 4.78 is 31.8. The third-order valence-corrected chi connectivity index (χ3v) is 6.01. The summed E-state index contributed by atoms with van der Waals surface area (Å²) in [5, 5.41) is 3.18. The molecule has 0 aliphatic rings. The minimum Gasteiger partial charge on any atom is -0.491 e. The Morgan fingerprint density at radius 3 is 2.47 bits per heavy atom. The van der Waals surface area contributed by atoms with Crippen molar-refractivity contribution in [1.82, 2.24) is 5.32 Å². The van der Waals surface area contributed by atoms with E-state index < -0.39 is 16.1 Å². The summed E-state index contributed by atoms with van der Waals surface area (Å²) in [4.78, 5) is 12.8. The van der Waals surface area contributed by atoms with Crippen LogP contribution in [0.1, 0.15) is 38.7 Å². The number of rotatable bonds is 10. The zero-order valence-corrected chi connectivity index (χ0v) is 19.3. The Kier molecular flexibility index (Phi) is 8.55. The summed E-state index contributed by atoms with van der Waals surface area (Å²) in [7, 11) is -3.70. The number of carbonyl (C=O) groups is 1. The molecule has 1 N–H and O–H groups in total. The molecule has 0 spiro atoms. The van der Waals surface area contributed by atoms with Crippen LogP contribution in [0.15, 0.2) is 48.5 Å². The maximum absolute atomic E-state index is 12.8. The van der Waals surface area contributed by atoms with Gasteiger partial charge in [-0.2, -0.15) is 0 Å². The van der Waals surface area contributed by atoms with Gasteiger partial charge in [-0.3, -0.25) is 9.10 Å². The third kappa shape index (κ3) is 6.37. The summed E-state index contributed by atoms with van der Waals surface area (Å²) in [5.41, 5.74) is 1.45. The number of nitrogens with one attached hydrogen (secondary N) is 1. The molecular formula is C22H29ClN2O4S. The molecule has 164 valence electrons. The molecule has 1 unspecified atom stereocenters. The molecule has 30 heavy (non-hydrogen) atoms. The summed E-state index contributed by atoms with van der Waals surface area (Å²) in [6.07, 6.45) is 1.39. The Morgan fingerprint density at radius 2 is 1.87 bits per heavy atom. The van der Waals surface area contributed by atoms with Gasteiger partial charge >= 0.3 is 0 Å². The highest BCUT2D eigenvalue weighted by Gasteiger charge is 2.31. The van der Waals surface area contributed by atoms with Crippen LogP contribution in [0.5, 0.6) is 5.75 Å². The van der Waals surface area contributed by atoms with Crippen molar-refractivity contribution in [3.63, 3.8) is 0 Å². The molecule has 2 aromatic carbocycles. The molecule has 0 aliphatic carbocycles. The predicted molar refractivity (Wildman–Crippen MR) is 122 cm³/mol. The lowest BCUT2D eigenvalue weighted by Crippen LogP contribution is -2.50. The highest BCUT2D eigenvalue weighted by Crippen LogP contribution is 2.26. The van der Waals surface area contributed by atoms with Gasteiger partial charge in [-0.05, 0) is 42.2 Å². The third-order valence-electron chi connectivity index (χ3n) is 4.59. The Hall–Kier alpha value is -2.25. The number of anilines is 1. The van der Waals surface area contributed by atoms with Crippen LogP contribution in [0.25, 0.3) is 0 Å². The molecule has 1 amide bonds. The van der Waals surface area contributed by atoms with E-state index in [4.69, 9.17) is 16.3 Å². The molecule has 0 aliphatic heterocycles. The molecule has 0 radical (unpaired) electrons. The van der Waals surface area contributed by atoms with Gasteiger partial charge in [0.25, 0.3) is 0 Å². The average Bonchev–Trinajstić information content (AvgIpc) is 2.68. The van der Waals surface area contributed by atoms with Crippen molar-refractivity contribution in [2.24, 2.45) is 0 Å². The number of nitrogens with zero attached hydrogens (tertiary/aromatic N) is 1. The molecule has 2 rings (SSSR count). The molecule has 0 saturated heterocycles. The molecule has 0 heterocycles. The topological polar surface area (TPSA) is 75.7 Å². The fraction of sp³-hybridized carbons (Fsp3) is 0.409. The van der Waals surface area contributed by atoms with Gasteiger partial charge in [-0.25, -0.2) is 8.42 Å². The van der Waals surface area contributed by atoms with E-state index in [2.05, 4.69) is 19.2 Å². The average molecular weight is 453 g/mol. The first-order chi connectivity index (χ1) is 14.1. The summed E-state index contributed by atoms with van der Waals surface area (Å²) in [5.74, 6) is 0.718. The Balaban J connectivity index is 2.06. The predicted octanol–water partition coefficient (Wildman–Crippen LogP) is 4.20. The first kappa shape index (κ1) is 24.0. The van der Waals surface area contributed by atoms with Gasteiger partial charge in [0.05, 0.1) is 18.5 Å². The first-order valence-electron chi connectivity index (χ1n) is 9.89. The van der Waals surface area contributed by atoms with Crippen molar-refractivity contribution in [3.05, 3.63) is 59.1 Å². The number of hydrogen-bond acceptors (Lipinski definition) is 4. The van der Waals surface area contributed by atoms with E-state index in [1.165, 1.54) is 6.07 Å². The SMILES string of the molecule is CCC(C(=O)NCCOc1ccccc1C(C)C)N(c1cccc(Cl)c1)S(C)(=O)=O. The molecule has 2 aromatic rings. The van der Waals surface area contributed by atoms with Crippen LogP contribution in [-0.4, -0.2) is 39.8 Å². The van der Waals surface area contributed by atoms with E-state index >= 15 is 0 Å². The Labute approximate surface area is 184 Å². The number of ether oxygens (including phenoxy) is 1. The van der Waals surface area contributed by atoms with Gasteiger partial charge in [-0.15, -0.1) is 0 Å². The standard InChI is InChI=1S/C22H29ClN2O4S/c1-5-20(25(30(4,27)28)18-10-8-9-17(23)15-18)22(26)24-13-14-29-21-12-7-6-11-19(21)16(2)3/h6-12,15-16,20H,5,13-14H2,1-4H3,(H,24,26). The first-order valence-corrected chi connectivity index (χ1v) is 12.1. The zero-order valence-electron chi connectivity index (χ0n) is 17.8. The highest BCUT2D eigenvalue weighted by atomic mass is 35.5. The van der Waals surface area contributed by atoms with Crippen LogP contribution in [0.4, 0.5) is 5.69 Å². The quantitative estimate of drug-likeness (QED) is 0.548. The smallest absolute Gasteiger partial charge is 0.244 e. The second-order valence-electron chi connectivity index (χ2n) is 7.29. The van der Waals surface area contributed by atoms with E-state index in [-0.39, 0.29) is 19.1 Å². The number of benzene rings is 2. The van der Waals surface area contributed by atoms with E-state index in [1.807, 2.05) is 24.3 Å². The van der Waals surface area contributed by atoms with Crippen LogP contribution in [0, 0.1) is 0 Å². The van der Waals surface area contributed by atoms with Gasteiger partial charge in [-0.1, -0.05) is 56.6 Å². The monoisotopic (exact) mass is 452 g/mol. The van der Waals surface area contributed by atoms with Gasteiger partial charge in [0.15, 0.2) is 0 Å². The molecule has 0 saturated carbocycles. The van der Waals surface area contributed by atoms with E-state index in [0.29, 0.717) is 23.0 Å². The summed E-state index contributed by atoms with van der Waals surface area (Å²) >= 11 is 6.02. The zero-order chi connectivity index (χ0) is 22.3. The van der Waals surface area contributed by atoms with Crippen molar-refractivity contribution in [1.29, 1.82) is 0 Å². The van der Waals surface area contributed by atoms with Crippen molar-refractivity contribution >= 4 is 33.2 Å². The van der Waals surface area contributed by atoms with Gasteiger partial charge < -0.3 is 10.1 Å². The minimum absolute atomic E-state index is 0.259. The van der Waals surface area contributed by atoms with Crippen LogP contribution in [0.2, 0.25) is 5.02 Å². The number of carbonyl (C=O) groups excluding carboxylic acids is 1. The number of amides is 1. The van der Waals surface area contributed by atoms with Crippen molar-refractivity contribution < 1.29 is 17.9 Å². The highest BCUT2D eigenvalue weighted by molar-refractivity contribution is 7.92. The van der Waals surface area contributed by atoms with Gasteiger partial charge in [0, 0.05) is 5.02 Å². The maximum Gasteiger partial charge on any atom is 0.244 e. The fourth-order valence-electron chi connectivity index (χ4n) is 3.22. The number of hydrogen-bond donors (Lipinski definition) is 1. The number of halogens is 1. The van der Waals surface area contributed by atoms with Crippen LogP contribution in [-0.2, 0) is 14.8 Å². The minimum atomic E-state index is -3.70. The van der Waals surface area contributed by atoms with Crippen molar-refractivity contribution in [3.8, 4) is 5.75 Å². The number of para-hydroxylation sites is 1. The molecule has 0 aromatic heterocycles. The lowest BCUT2D eigenvalue weighted by Gasteiger charge is -2.30. The van der Waals surface area contributed by atoms with E-state index in [1.54, 1.807) is 25.1 Å². The Bertz CT molecular complexity index is 963. The lowest BCUT2D eigenvalue weighted by atomic mass is 10.0. The summed E-state index contributed by atoms with van der Waals surface area (Å²) in [6, 6.07) is 13.4. The van der Waals surface area contributed by atoms with E-state index in [9.17, 15) is 13.2 Å². The number of sulfonamides is 1. The van der Waals surface area contributed by atoms with Crippen molar-refractivity contribution in [2.45, 2.75) is 39.2 Å². The van der Waals surface area contributed by atoms with Crippen LogP contribution >= 0.6 is 11.6 Å². The molecule has 0 bridgehead atoms. The molecule has 0 fully saturated rings. The fourth-order valence-corrected chi connectivity index (χ4v) is 4.60. The molecule has 8 heteroatoms. The lowest BCUT2D eigenvalue weighted by molar-refractivity contribution is -0.122. The van der Waals surface area contributed by atoms with Crippen LogP contribution < -0.4 is 14.4 Å². The molecular weight excluding hydrogens is 424 g/mol. The van der Waals surface area contributed by atoms with Crippen LogP contribution in [0.3, 0.4) is 0 Å². The largest absolute Gasteiger partial charge is 0.491 e. The van der Waals surface area contributed by atoms with E-state index in [0.717, 1.165) is 21.9 Å².